The van der Waals surface area contributed by atoms with E-state index < -0.39 is 15.8 Å². The van der Waals surface area contributed by atoms with Crippen LogP contribution in [0, 0.1) is 13.8 Å². The van der Waals surface area contributed by atoms with E-state index in [-0.39, 0.29) is 54.1 Å². The molecule has 0 amide bonds. The molecule has 300 valence electrons. The van der Waals surface area contributed by atoms with Crippen LogP contribution in [0.5, 0.6) is 0 Å². The molecule has 0 aliphatic rings. The first-order valence-electron chi connectivity index (χ1n) is 18.7. The third kappa shape index (κ3) is 15.1. The summed E-state index contributed by atoms with van der Waals surface area (Å²) in [6.45, 7) is 7.63. The van der Waals surface area contributed by atoms with E-state index in [1.807, 2.05) is 48.5 Å². The number of rotatable bonds is 8. The van der Waals surface area contributed by atoms with E-state index in [4.69, 9.17) is 10.2 Å². The van der Waals surface area contributed by atoms with Crippen molar-refractivity contribution in [1.29, 1.82) is 0 Å². The van der Waals surface area contributed by atoms with Gasteiger partial charge in [0.25, 0.3) is 0 Å². The van der Waals surface area contributed by atoms with Gasteiger partial charge in [0.1, 0.15) is 31.8 Å². The van der Waals surface area contributed by atoms with Crippen LogP contribution < -0.4 is 31.8 Å². The molecule has 58 heavy (non-hydrogen) atoms. The Hall–Kier alpha value is -4.40. The minimum absolute atomic E-state index is 0. The largest absolute Gasteiger partial charge is 0.404 e. The predicted octanol–water partition coefficient (Wildman–Crippen LogP) is 9.07. The summed E-state index contributed by atoms with van der Waals surface area (Å²) < 4.78 is 0. The van der Waals surface area contributed by atoms with Gasteiger partial charge in [0.05, 0.1) is 15.8 Å². The number of hydrogen-bond donors (Lipinski definition) is 2. The number of hydrogen-bond acceptors (Lipinski definition) is 2. The van der Waals surface area contributed by atoms with Gasteiger partial charge in [0, 0.05) is 54.1 Å². The summed E-state index contributed by atoms with van der Waals surface area (Å²) in [4.78, 5) is 0. The van der Waals surface area contributed by atoms with Gasteiger partial charge in [-0.3, -0.25) is 0 Å². The Morgan fingerprint density at radius 2 is 0.448 bits per heavy atom. The smallest absolute Gasteiger partial charge is 0.102 e. The van der Waals surface area contributed by atoms with Gasteiger partial charge in [-0.15, -0.1) is 35.4 Å². The third-order valence-electron chi connectivity index (χ3n) is 8.95. The van der Waals surface area contributed by atoms with Gasteiger partial charge in [0.2, 0.25) is 0 Å². The zero-order valence-electron chi connectivity index (χ0n) is 32.3. The molecule has 0 aliphatic heterocycles. The number of aliphatic hydroxyl groups is 2. The van der Waals surface area contributed by atoms with Gasteiger partial charge in [0.15, 0.2) is 0 Å². The molecule has 0 spiro atoms. The van der Waals surface area contributed by atoms with Crippen LogP contribution in [0.15, 0.2) is 231 Å². The van der Waals surface area contributed by atoms with Crippen LogP contribution in [0.1, 0.15) is 22.3 Å². The second-order valence-electron chi connectivity index (χ2n) is 12.8. The fourth-order valence-electron chi connectivity index (χ4n) is 6.05. The predicted molar refractivity (Wildman–Crippen MR) is 247 cm³/mol. The Kier molecular flexibility index (Phi) is 22.6. The summed E-state index contributed by atoms with van der Waals surface area (Å²) in [7, 11) is -1.75. The van der Waals surface area contributed by atoms with Crippen molar-refractivity contribution in [3.8, 4) is 0 Å². The maximum Gasteiger partial charge on any atom is 0.102 e. The summed E-state index contributed by atoms with van der Waals surface area (Å²) in [5.41, 5.74) is 3.61. The van der Waals surface area contributed by atoms with Crippen molar-refractivity contribution in [2.24, 2.45) is 0 Å². The van der Waals surface area contributed by atoms with Crippen molar-refractivity contribution in [2.45, 2.75) is 13.2 Å². The van der Waals surface area contributed by atoms with Gasteiger partial charge in [-0.25, -0.2) is 0 Å². The molecule has 2 nitrogen and oxygen atoms in total. The van der Waals surface area contributed by atoms with E-state index in [1.165, 1.54) is 31.8 Å². The summed E-state index contributed by atoms with van der Waals surface area (Å²) >= 11 is 0. The quantitative estimate of drug-likeness (QED) is 0.0908. The Morgan fingerprint density at radius 1 is 0.276 bits per heavy atom. The van der Waals surface area contributed by atoms with E-state index in [2.05, 4.69) is 196 Å². The minimum atomic E-state index is -0.877. The maximum absolute atomic E-state index is 8.68. The minimum Gasteiger partial charge on any atom is -0.404 e. The first-order valence-corrected chi connectivity index (χ1v) is 21.7. The average molecular weight is 982 g/mol. The molecule has 8 rings (SSSR count). The van der Waals surface area contributed by atoms with E-state index in [1.54, 1.807) is 0 Å². The van der Waals surface area contributed by atoms with Crippen LogP contribution in [0.4, 0.5) is 0 Å². The van der Waals surface area contributed by atoms with Crippen LogP contribution in [-0.4, -0.2) is 10.2 Å². The van der Waals surface area contributed by atoms with Crippen molar-refractivity contribution in [1.82, 2.24) is 0 Å². The molecule has 6 heteroatoms. The van der Waals surface area contributed by atoms with Gasteiger partial charge in [-0.05, 0) is 72.8 Å². The van der Waals surface area contributed by atoms with Crippen LogP contribution in [0.3, 0.4) is 0 Å². The summed E-state index contributed by atoms with van der Waals surface area (Å²) in [5.74, 6) is 0. The van der Waals surface area contributed by atoms with E-state index in [0.29, 0.717) is 0 Å². The van der Waals surface area contributed by atoms with Gasteiger partial charge < -0.3 is 10.2 Å². The molecule has 0 unspecified atom stereocenters. The van der Waals surface area contributed by atoms with Crippen LogP contribution in [0.25, 0.3) is 0 Å². The van der Waals surface area contributed by atoms with Gasteiger partial charge in [-0.2, -0.15) is 37.1 Å². The first-order chi connectivity index (χ1) is 27.6. The van der Waals surface area contributed by atoms with Crippen LogP contribution in [0.2, 0.25) is 0 Å². The molecule has 0 bridgehead atoms. The fourth-order valence-corrected chi connectivity index (χ4v) is 11.2. The number of aliphatic hydroxyl groups excluding tert-OH is 2. The van der Waals surface area contributed by atoms with Crippen LogP contribution >= 0.6 is 15.8 Å². The molecule has 0 saturated carbocycles. The summed E-state index contributed by atoms with van der Waals surface area (Å²) in [6.07, 6.45) is 0. The third-order valence-corrected chi connectivity index (χ3v) is 14.4. The Balaban J connectivity index is 0.000000217. The first kappa shape index (κ1) is 48.0. The van der Waals surface area contributed by atoms with Crippen molar-refractivity contribution in [3.63, 3.8) is 0 Å². The average Bonchev–Trinajstić information content (AvgIpc) is 3.27. The number of benzene rings is 8. The zero-order chi connectivity index (χ0) is 39.2. The summed E-state index contributed by atoms with van der Waals surface area (Å²) in [6, 6.07) is 80.1. The Bertz CT molecular complexity index is 1890. The second kappa shape index (κ2) is 27.3. The normalized spacial score (nSPS) is 9.86. The molecule has 0 atom stereocenters. The molecule has 0 aromatic heterocycles. The fraction of sp³-hybridized carbons (Fsp3) is 0.0385. The molecule has 0 aliphatic carbocycles. The van der Waals surface area contributed by atoms with Crippen molar-refractivity contribution >= 4 is 47.7 Å². The molecule has 8 aromatic carbocycles. The summed E-state index contributed by atoms with van der Waals surface area (Å²) in [5, 5.41) is 26.0. The molecule has 0 radical (unpaired) electrons. The SMILES string of the molecule is [CH2-]c1ccccc1CO.[CH2-]c1ccccc1CO.[Pd].[Pd].c1ccc([PH+](c2ccccc2)c2ccccc2)cc1.c1ccc([PH+](c2ccccc2)c2ccccc2)cc1. The van der Waals surface area contributed by atoms with Crippen LogP contribution in [-0.2, 0) is 54.1 Å². The van der Waals surface area contributed by atoms with Crippen molar-refractivity contribution < 1.29 is 51.1 Å². The standard InChI is InChI=1S/2C18H15P.2C8H9O.2Pd/c2*1-4-10-16(11-5-1)19(17-12-6-2-7-13-17)18-14-8-3-9-15-18;2*1-7-4-2-3-5-8(7)6-9;;/h2*1-15H;2*2-5,9H,1,6H2;;/q;;2*-1;;/p+2. The van der Waals surface area contributed by atoms with Crippen molar-refractivity contribution in [2.75, 3.05) is 0 Å². The van der Waals surface area contributed by atoms with Crippen molar-refractivity contribution in [3.05, 3.63) is 267 Å². The molecule has 8 aromatic rings. The Labute approximate surface area is 375 Å². The zero-order valence-corrected chi connectivity index (χ0v) is 37.4. The van der Waals surface area contributed by atoms with Gasteiger partial charge >= 0.3 is 0 Å². The molecule has 0 fully saturated rings. The molecular formula is C52H50O2P2Pd2. The molecule has 2 N–H and O–H groups in total. The van der Waals surface area contributed by atoms with Gasteiger partial charge in [-0.1, -0.05) is 121 Å². The Morgan fingerprint density at radius 3 is 0.603 bits per heavy atom. The topological polar surface area (TPSA) is 40.5 Å². The molecular weight excluding hydrogens is 931 g/mol. The monoisotopic (exact) mass is 980 g/mol. The molecule has 0 saturated heterocycles. The maximum atomic E-state index is 8.68. The van der Waals surface area contributed by atoms with E-state index in [9.17, 15) is 0 Å². The second-order valence-corrected chi connectivity index (χ2v) is 17.8. The van der Waals surface area contributed by atoms with E-state index in [0.717, 1.165) is 22.3 Å². The molecule has 0 heterocycles. The van der Waals surface area contributed by atoms with E-state index >= 15 is 0 Å².